The normalized spacial score (nSPS) is 16.5. The molecule has 1 saturated heterocycles. The van der Waals surface area contributed by atoms with Crippen molar-refractivity contribution in [1.82, 2.24) is 24.4 Å². The Morgan fingerprint density at radius 3 is 2.51 bits per heavy atom. The van der Waals surface area contributed by atoms with Gasteiger partial charge in [-0.2, -0.15) is 4.98 Å². The number of benzene rings is 2. The molecule has 2 aliphatic rings. The predicted octanol–water partition coefficient (Wildman–Crippen LogP) is 3.44. The van der Waals surface area contributed by atoms with E-state index in [0.29, 0.717) is 35.6 Å². The number of fused-ring (bicyclic) bond motifs is 1. The standard InChI is InChI=1S/C31H36N8O4/c1-41-25-14-21(15-26(42-2)28(25)43-3)38-18-27(33-19-38)35-31-34-23-17-37(16-20-8-5-4-6-9-20)13-11-22(23)30(36-31)39-12-7-10-24(39)29(32)40/h4-6,8-9,14-15,18-19,24H,7,10-13,16-17H2,1-3H3,(H2,32,40)(H,34,35,36). The smallest absolute Gasteiger partial charge is 0.240 e. The highest BCUT2D eigenvalue weighted by molar-refractivity contribution is 5.84. The lowest BCUT2D eigenvalue weighted by Gasteiger charge is -2.32. The molecular formula is C31H36N8O4. The number of nitrogens with zero attached hydrogens (tertiary/aromatic N) is 6. The van der Waals surface area contributed by atoms with Crippen LogP contribution in [0.25, 0.3) is 5.69 Å². The molecule has 4 heterocycles. The highest BCUT2D eigenvalue weighted by atomic mass is 16.5. The third-order valence-electron chi connectivity index (χ3n) is 7.99. The number of nitrogens with one attached hydrogen (secondary N) is 1. The number of imidazole rings is 1. The molecule has 1 unspecified atom stereocenters. The van der Waals surface area contributed by atoms with E-state index >= 15 is 0 Å². The van der Waals surface area contributed by atoms with E-state index in [4.69, 9.17) is 29.9 Å². The van der Waals surface area contributed by atoms with Crippen molar-refractivity contribution in [3.05, 3.63) is 71.8 Å². The fourth-order valence-corrected chi connectivity index (χ4v) is 5.91. The number of ether oxygens (including phenoxy) is 3. The predicted molar refractivity (Wildman–Crippen MR) is 162 cm³/mol. The molecule has 1 atom stereocenters. The van der Waals surface area contributed by atoms with Crippen LogP contribution in [0.15, 0.2) is 55.0 Å². The molecule has 2 aromatic carbocycles. The highest BCUT2D eigenvalue weighted by Crippen LogP contribution is 2.39. The molecule has 43 heavy (non-hydrogen) atoms. The van der Waals surface area contributed by atoms with E-state index in [1.54, 1.807) is 27.7 Å². The molecule has 4 aromatic rings. The molecule has 0 spiro atoms. The van der Waals surface area contributed by atoms with Crippen molar-refractivity contribution in [2.24, 2.45) is 5.73 Å². The first-order chi connectivity index (χ1) is 21.0. The van der Waals surface area contributed by atoms with Crippen molar-refractivity contribution in [1.29, 1.82) is 0 Å². The van der Waals surface area contributed by atoms with E-state index in [0.717, 1.165) is 61.7 Å². The summed E-state index contributed by atoms with van der Waals surface area (Å²) < 4.78 is 18.3. The van der Waals surface area contributed by atoms with Gasteiger partial charge in [0, 0.05) is 43.9 Å². The Bertz CT molecular complexity index is 1580. The van der Waals surface area contributed by atoms with Crippen LogP contribution in [0.2, 0.25) is 0 Å². The molecule has 1 fully saturated rings. The SMILES string of the molecule is COc1cc(-n2cnc(Nc3nc4c(c(N5CCCC5C(N)=O)n3)CCN(Cc3ccccc3)C4)c2)cc(OC)c1OC. The minimum Gasteiger partial charge on any atom is -0.493 e. The van der Waals surface area contributed by atoms with E-state index in [1.165, 1.54) is 5.56 Å². The molecule has 0 bridgehead atoms. The Morgan fingerprint density at radius 2 is 1.81 bits per heavy atom. The number of carbonyl (C=O) groups is 1. The number of rotatable bonds is 10. The summed E-state index contributed by atoms with van der Waals surface area (Å²) >= 11 is 0. The summed E-state index contributed by atoms with van der Waals surface area (Å²) in [5.74, 6) is 3.02. The van der Waals surface area contributed by atoms with Crippen LogP contribution in [0.5, 0.6) is 17.2 Å². The molecule has 12 heteroatoms. The molecule has 0 radical (unpaired) electrons. The van der Waals surface area contributed by atoms with E-state index < -0.39 is 0 Å². The fraction of sp³-hybridized carbons (Fsp3) is 0.355. The quantitative estimate of drug-likeness (QED) is 0.286. The van der Waals surface area contributed by atoms with Gasteiger partial charge < -0.3 is 34.7 Å². The third-order valence-corrected chi connectivity index (χ3v) is 7.99. The Morgan fingerprint density at radius 1 is 1.05 bits per heavy atom. The summed E-state index contributed by atoms with van der Waals surface area (Å²) in [6, 6.07) is 13.7. The number of anilines is 3. The van der Waals surface area contributed by atoms with Crippen LogP contribution >= 0.6 is 0 Å². The Hall–Kier alpha value is -4.84. The summed E-state index contributed by atoms with van der Waals surface area (Å²) in [4.78, 5) is 31.2. The molecule has 12 nitrogen and oxygen atoms in total. The lowest BCUT2D eigenvalue weighted by molar-refractivity contribution is -0.119. The summed E-state index contributed by atoms with van der Waals surface area (Å²) in [6.07, 6.45) is 5.92. The van der Waals surface area contributed by atoms with Gasteiger partial charge in [0.25, 0.3) is 0 Å². The number of carbonyl (C=O) groups excluding carboxylic acids is 1. The fourth-order valence-electron chi connectivity index (χ4n) is 5.91. The van der Waals surface area contributed by atoms with Crippen LogP contribution in [0.3, 0.4) is 0 Å². The molecule has 1 amide bonds. The van der Waals surface area contributed by atoms with Crippen molar-refractivity contribution >= 4 is 23.5 Å². The topological polar surface area (TPSA) is 133 Å². The largest absolute Gasteiger partial charge is 0.493 e. The average Bonchev–Trinajstić information content (AvgIpc) is 3.71. The van der Waals surface area contributed by atoms with Crippen LogP contribution in [0.1, 0.15) is 29.7 Å². The van der Waals surface area contributed by atoms with Gasteiger partial charge in [0.2, 0.25) is 17.6 Å². The van der Waals surface area contributed by atoms with Gasteiger partial charge in [0.15, 0.2) is 17.3 Å². The molecule has 0 aliphatic carbocycles. The average molecular weight is 585 g/mol. The van der Waals surface area contributed by atoms with E-state index in [9.17, 15) is 4.79 Å². The van der Waals surface area contributed by atoms with Gasteiger partial charge in [-0.3, -0.25) is 9.69 Å². The monoisotopic (exact) mass is 584 g/mol. The maximum Gasteiger partial charge on any atom is 0.240 e. The zero-order chi connectivity index (χ0) is 29.9. The maximum absolute atomic E-state index is 12.3. The number of hydrogen-bond donors (Lipinski definition) is 2. The Kier molecular flexibility index (Phi) is 8.01. The van der Waals surface area contributed by atoms with Crippen LogP contribution < -0.4 is 30.2 Å². The Balaban J connectivity index is 1.32. The molecule has 2 aromatic heterocycles. The highest BCUT2D eigenvalue weighted by Gasteiger charge is 2.34. The molecular weight excluding hydrogens is 548 g/mol. The van der Waals surface area contributed by atoms with Gasteiger partial charge in [-0.05, 0) is 24.8 Å². The molecule has 3 N–H and O–H groups in total. The van der Waals surface area contributed by atoms with Gasteiger partial charge >= 0.3 is 0 Å². The second-order valence-electron chi connectivity index (χ2n) is 10.7. The first-order valence-corrected chi connectivity index (χ1v) is 14.3. The number of aromatic nitrogens is 4. The van der Waals surface area contributed by atoms with E-state index in [1.807, 2.05) is 29.0 Å². The van der Waals surface area contributed by atoms with Gasteiger partial charge in [0.05, 0.1) is 38.9 Å². The van der Waals surface area contributed by atoms with Crippen molar-refractivity contribution < 1.29 is 19.0 Å². The van der Waals surface area contributed by atoms with Gasteiger partial charge in [-0.25, -0.2) is 9.97 Å². The number of amides is 1. The van der Waals surface area contributed by atoms with Gasteiger partial charge in [-0.15, -0.1) is 0 Å². The molecule has 224 valence electrons. The van der Waals surface area contributed by atoms with Crippen molar-refractivity contribution in [3.8, 4) is 22.9 Å². The van der Waals surface area contributed by atoms with Crippen molar-refractivity contribution in [3.63, 3.8) is 0 Å². The van der Waals surface area contributed by atoms with Crippen LogP contribution in [-0.4, -0.2) is 70.8 Å². The lowest BCUT2D eigenvalue weighted by atomic mass is 10.0. The van der Waals surface area contributed by atoms with Crippen LogP contribution in [0, 0.1) is 0 Å². The summed E-state index contributed by atoms with van der Waals surface area (Å²) in [7, 11) is 4.73. The van der Waals surface area contributed by atoms with Crippen LogP contribution in [0.4, 0.5) is 17.6 Å². The summed E-state index contributed by atoms with van der Waals surface area (Å²) in [5, 5.41) is 3.29. The third kappa shape index (κ3) is 5.78. The zero-order valence-electron chi connectivity index (χ0n) is 24.6. The van der Waals surface area contributed by atoms with Crippen molar-refractivity contribution in [2.75, 3.05) is 44.6 Å². The van der Waals surface area contributed by atoms with Crippen LogP contribution in [-0.2, 0) is 24.3 Å². The molecule has 0 saturated carbocycles. The van der Waals surface area contributed by atoms with Gasteiger partial charge in [-0.1, -0.05) is 30.3 Å². The molecule has 2 aliphatic heterocycles. The first kappa shape index (κ1) is 28.3. The second-order valence-corrected chi connectivity index (χ2v) is 10.7. The van der Waals surface area contributed by atoms with Crippen molar-refractivity contribution in [2.45, 2.75) is 38.4 Å². The lowest BCUT2D eigenvalue weighted by Crippen LogP contribution is -2.42. The van der Waals surface area contributed by atoms with Gasteiger partial charge in [0.1, 0.15) is 18.2 Å². The number of methoxy groups -OCH3 is 3. The maximum atomic E-state index is 12.3. The Labute approximate surface area is 250 Å². The first-order valence-electron chi connectivity index (χ1n) is 14.3. The van der Waals surface area contributed by atoms with E-state index in [2.05, 4.69) is 44.4 Å². The second kappa shape index (κ2) is 12.2. The summed E-state index contributed by atoms with van der Waals surface area (Å²) in [5.41, 5.74) is 9.85. The molecule has 6 rings (SSSR count). The van der Waals surface area contributed by atoms with E-state index in [-0.39, 0.29) is 11.9 Å². The number of nitrogens with two attached hydrogens (primary N) is 1. The number of hydrogen-bond acceptors (Lipinski definition) is 10. The summed E-state index contributed by atoms with van der Waals surface area (Å²) in [6.45, 7) is 3.10. The minimum atomic E-state index is -0.381. The zero-order valence-corrected chi connectivity index (χ0v) is 24.6. The minimum absolute atomic E-state index is 0.329. The number of primary amides is 1.